The number of benzene rings is 2. The molecule has 2 N–H and O–H groups in total. The fourth-order valence-corrected chi connectivity index (χ4v) is 2.42. The Hall–Kier alpha value is -2.48. The van der Waals surface area contributed by atoms with Crippen molar-refractivity contribution in [3.8, 4) is 0 Å². The lowest BCUT2D eigenvalue weighted by Gasteiger charge is -2.26. The molecule has 0 fully saturated rings. The molecule has 0 spiro atoms. The van der Waals surface area contributed by atoms with E-state index in [1.807, 2.05) is 24.3 Å². The summed E-state index contributed by atoms with van der Waals surface area (Å²) >= 11 is 0. The maximum Gasteiger partial charge on any atom is 0.0446 e. The maximum absolute atomic E-state index is 5.92. The number of para-hydroxylation sites is 1. The third-order valence-electron chi connectivity index (χ3n) is 3.39. The topological polar surface area (TPSA) is 29.3 Å². The minimum absolute atomic E-state index is 0.787. The molecule has 0 atom stereocenters. The van der Waals surface area contributed by atoms with Crippen LogP contribution in [-0.4, -0.2) is 6.54 Å². The monoisotopic (exact) mass is 278 g/mol. The Morgan fingerprint density at radius 2 is 1.95 bits per heavy atom. The fraction of sp³-hybridized carbons (Fsp3) is 0.158. The summed E-state index contributed by atoms with van der Waals surface area (Å²) in [6, 6.07) is 16.5. The molecule has 0 aromatic heterocycles. The number of rotatable bonds is 6. The minimum atomic E-state index is 0.787. The van der Waals surface area contributed by atoms with Gasteiger partial charge >= 0.3 is 0 Å². The zero-order chi connectivity index (χ0) is 15.1. The second-order valence-electron chi connectivity index (χ2n) is 4.84. The van der Waals surface area contributed by atoms with Gasteiger partial charge in [-0.3, -0.25) is 0 Å². The van der Waals surface area contributed by atoms with Crippen LogP contribution in [0.1, 0.15) is 12.5 Å². The fourth-order valence-electron chi connectivity index (χ4n) is 2.42. The third kappa shape index (κ3) is 3.76. The second kappa shape index (κ2) is 7.34. The first-order valence-electron chi connectivity index (χ1n) is 7.24. The first kappa shape index (κ1) is 14.9. The summed E-state index contributed by atoms with van der Waals surface area (Å²) in [5.74, 6) is 0. The van der Waals surface area contributed by atoms with Crippen LogP contribution in [0.25, 0.3) is 0 Å². The molecule has 2 rings (SSSR count). The highest BCUT2D eigenvalue weighted by molar-refractivity contribution is 5.69. The van der Waals surface area contributed by atoms with E-state index in [0.29, 0.717) is 0 Å². The lowest BCUT2D eigenvalue weighted by molar-refractivity contribution is 1.01. The van der Waals surface area contributed by atoms with E-state index in [2.05, 4.69) is 54.8 Å². The zero-order valence-corrected chi connectivity index (χ0v) is 12.5. The van der Waals surface area contributed by atoms with E-state index >= 15 is 0 Å². The molecule has 0 bridgehead atoms. The summed E-state index contributed by atoms with van der Waals surface area (Å²) in [4.78, 5) is 2.29. The van der Waals surface area contributed by atoms with Crippen molar-refractivity contribution in [1.29, 1.82) is 0 Å². The van der Waals surface area contributed by atoms with Crippen molar-refractivity contribution in [3.63, 3.8) is 0 Å². The van der Waals surface area contributed by atoms with Crippen molar-refractivity contribution < 1.29 is 0 Å². The predicted molar refractivity (Wildman–Crippen MR) is 93.0 cm³/mol. The molecule has 2 aromatic rings. The van der Waals surface area contributed by atoms with Gasteiger partial charge in [0.25, 0.3) is 0 Å². The molecule has 2 aromatic carbocycles. The van der Waals surface area contributed by atoms with Crippen molar-refractivity contribution in [3.05, 3.63) is 78.9 Å². The molecule has 0 amide bonds. The quantitative estimate of drug-likeness (QED) is 0.612. The van der Waals surface area contributed by atoms with Gasteiger partial charge < -0.3 is 10.6 Å². The molecule has 0 saturated carbocycles. The summed E-state index contributed by atoms with van der Waals surface area (Å²) in [5.41, 5.74) is 10.3. The van der Waals surface area contributed by atoms with Crippen molar-refractivity contribution in [1.82, 2.24) is 0 Å². The largest absolute Gasteiger partial charge is 0.399 e. The first-order chi connectivity index (χ1) is 10.3. The van der Waals surface area contributed by atoms with Crippen LogP contribution in [0.15, 0.2) is 73.3 Å². The van der Waals surface area contributed by atoms with Gasteiger partial charge in [-0.1, -0.05) is 49.1 Å². The predicted octanol–water partition coefficient (Wildman–Crippen LogP) is 4.71. The Morgan fingerprint density at radius 3 is 2.67 bits per heavy atom. The van der Waals surface area contributed by atoms with Crippen LogP contribution < -0.4 is 10.6 Å². The Labute approximate surface area is 127 Å². The number of anilines is 3. The van der Waals surface area contributed by atoms with Crippen LogP contribution in [0.2, 0.25) is 0 Å². The van der Waals surface area contributed by atoms with E-state index in [1.54, 1.807) is 6.08 Å². The minimum Gasteiger partial charge on any atom is -0.399 e. The first-order valence-corrected chi connectivity index (χ1v) is 7.24. The molecule has 108 valence electrons. The van der Waals surface area contributed by atoms with Gasteiger partial charge in [0, 0.05) is 23.6 Å². The molecule has 0 aliphatic heterocycles. The van der Waals surface area contributed by atoms with E-state index in [-0.39, 0.29) is 0 Å². The average Bonchev–Trinajstić information content (AvgIpc) is 2.50. The van der Waals surface area contributed by atoms with Gasteiger partial charge in [0.05, 0.1) is 0 Å². The average molecular weight is 278 g/mol. The van der Waals surface area contributed by atoms with Gasteiger partial charge in [-0.2, -0.15) is 0 Å². The SMILES string of the molecule is C=C/C=C\Cc1ccccc1N(CC)c1cccc(N)c1. The van der Waals surface area contributed by atoms with Gasteiger partial charge in [0.2, 0.25) is 0 Å². The van der Waals surface area contributed by atoms with Crippen molar-refractivity contribution in [2.45, 2.75) is 13.3 Å². The number of nitrogens with two attached hydrogens (primary N) is 1. The van der Waals surface area contributed by atoms with Crippen LogP contribution in [-0.2, 0) is 6.42 Å². The maximum atomic E-state index is 5.92. The van der Waals surface area contributed by atoms with Gasteiger partial charge in [-0.25, -0.2) is 0 Å². The highest BCUT2D eigenvalue weighted by Gasteiger charge is 2.10. The van der Waals surface area contributed by atoms with Crippen LogP contribution in [0.4, 0.5) is 17.1 Å². The number of nitrogens with zero attached hydrogens (tertiary/aromatic N) is 1. The van der Waals surface area contributed by atoms with Crippen molar-refractivity contribution in [2.75, 3.05) is 17.2 Å². The number of nitrogen functional groups attached to an aromatic ring is 1. The van der Waals surface area contributed by atoms with Gasteiger partial charge in [-0.15, -0.1) is 0 Å². The normalized spacial score (nSPS) is 10.7. The summed E-state index contributed by atoms with van der Waals surface area (Å²) in [5, 5.41) is 0. The lowest BCUT2D eigenvalue weighted by Crippen LogP contribution is -2.17. The van der Waals surface area contributed by atoms with Crippen LogP contribution in [0, 0.1) is 0 Å². The van der Waals surface area contributed by atoms with E-state index in [1.165, 1.54) is 11.3 Å². The van der Waals surface area contributed by atoms with Crippen LogP contribution in [0.5, 0.6) is 0 Å². The Morgan fingerprint density at radius 1 is 1.14 bits per heavy atom. The third-order valence-corrected chi connectivity index (χ3v) is 3.39. The van der Waals surface area contributed by atoms with Gasteiger partial charge in [0.15, 0.2) is 0 Å². The molecular formula is C19H22N2. The van der Waals surface area contributed by atoms with Crippen molar-refractivity contribution in [2.24, 2.45) is 0 Å². The molecule has 2 nitrogen and oxygen atoms in total. The lowest BCUT2D eigenvalue weighted by atomic mass is 10.1. The number of allylic oxidation sites excluding steroid dienone is 3. The molecule has 21 heavy (non-hydrogen) atoms. The smallest absolute Gasteiger partial charge is 0.0446 e. The molecule has 0 saturated heterocycles. The molecule has 0 aliphatic carbocycles. The van der Waals surface area contributed by atoms with E-state index in [0.717, 1.165) is 24.3 Å². The van der Waals surface area contributed by atoms with Crippen molar-refractivity contribution >= 4 is 17.1 Å². The van der Waals surface area contributed by atoms with Gasteiger partial charge in [-0.05, 0) is 43.2 Å². The summed E-state index contributed by atoms with van der Waals surface area (Å²) in [7, 11) is 0. The van der Waals surface area contributed by atoms with E-state index in [4.69, 9.17) is 5.73 Å². The molecule has 0 aliphatic rings. The Balaban J connectivity index is 2.38. The second-order valence-corrected chi connectivity index (χ2v) is 4.84. The highest BCUT2D eigenvalue weighted by Crippen LogP contribution is 2.29. The molecule has 0 radical (unpaired) electrons. The highest BCUT2D eigenvalue weighted by atomic mass is 15.1. The zero-order valence-electron chi connectivity index (χ0n) is 12.5. The summed E-state index contributed by atoms with van der Waals surface area (Å²) in [6.07, 6.45) is 6.80. The van der Waals surface area contributed by atoms with Crippen LogP contribution >= 0.6 is 0 Å². The standard InChI is InChI=1S/C19H22N2/c1-3-5-6-10-16-11-7-8-14-19(16)21(4-2)18-13-9-12-17(20)15-18/h3,5-9,11-15H,1,4,10,20H2,2H3/b6-5-. The molecule has 0 heterocycles. The van der Waals surface area contributed by atoms with E-state index < -0.39 is 0 Å². The van der Waals surface area contributed by atoms with E-state index in [9.17, 15) is 0 Å². The molecular weight excluding hydrogens is 256 g/mol. The number of hydrogen-bond donors (Lipinski definition) is 1. The molecule has 0 unspecified atom stereocenters. The Kier molecular flexibility index (Phi) is 5.22. The summed E-state index contributed by atoms with van der Waals surface area (Å²) in [6.45, 7) is 6.76. The van der Waals surface area contributed by atoms with Gasteiger partial charge in [0.1, 0.15) is 0 Å². The summed E-state index contributed by atoms with van der Waals surface area (Å²) < 4.78 is 0. The van der Waals surface area contributed by atoms with Crippen LogP contribution in [0.3, 0.4) is 0 Å². The molecule has 2 heteroatoms. The Bertz CT molecular complexity index is 629. The number of hydrogen-bond acceptors (Lipinski definition) is 2.